The van der Waals surface area contributed by atoms with Crippen LogP contribution in [0.15, 0.2) is 0 Å². The van der Waals surface area contributed by atoms with Crippen molar-refractivity contribution in [2.24, 2.45) is 17.6 Å². The zero-order valence-corrected chi connectivity index (χ0v) is 12.9. The van der Waals surface area contributed by atoms with Crippen LogP contribution in [-0.2, 0) is 9.59 Å². The molecule has 2 atom stereocenters. The third-order valence-corrected chi connectivity index (χ3v) is 3.05. The van der Waals surface area contributed by atoms with Crippen LogP contribution >= 0.6 is 0 Å². The van der Waals surface area contributed by atoms with E-state index < -0.39 is 6.04 Å². The molecule has 5 nitrogen and oxygen atoms in total. The van der Waals surface area contributed by atoms with Crippen molar-refractivity contribution in [3.05, 3.63) is 0 Å². The van der Waals surface area contributed by atoms with Crippen LogP contribution in [0.3, 0.4) is 0 Å². The summed E-state index contributed by atoms with van der Waals surface area (Å²) in [5.74, 6) is 0.143. The molecular formula is C14H29N3O2. The molecule has 0 saturated heterocycles. The number of nitrogens with one attached hydrogen (secondary N) is 1. The number of amides is 2. The quantitative estimate of drug-likeness (QED) is 0.691. The number of likely N-dealkylation sites (N-methyl/N-ethyl adjacent to an activating group) is 1. The van der Waals surface area contributed by atoms with Gasteiger partial charge in [-0.3, -0.25) is 9.59 Å². The minimum Gasteiger partial charge on any atom is -0.347 e. The molecule has 0 aromatic rings. The lowest BCUT2D eigenvalue weighted by atomic mass is 10.00. The zero-order chi connectivity index (χ0) is 15.0. The average Bonchev–Trinajstić information content (AvgIpc) is 2.33. The second kappa shape index (κ2) is 8.91. The number of rotatable bonds is 8. The van der Waals surface area contributed by atoms with E-state index in [1.165, 1.54) is 4.90 Å². The number of nitrogens with two attached hydrogens (primary N) is 1. The Hall–Kier alpha value is -1.10. The van der Waals surface area contributed by atoms with Gasteiger partial charge in [0, 0.05) is 20.0 Å². The van der Waals surface area contributed by atoms with Gasteiger partial charge in [0.2, 0.25) is 11.8 Å². The highest BCUT2D eigenvalue weighted by Crippen LogP contribution is 2.10. The lowest BCUT2D eigenvalue weighted by Gasteiger charge is -2.24. The van der Waals surface area contributed by atoms with Crippen molar-refractivity contribution in [3.63, 3.8) is 0 Å². The van der Waals surface area contributed by atoms with Gasteiger partial charge in [0.15, 0.2) is 0 Å². The Labute approximate surface area is 116 Å². The molecule has 5 heteroatoms. The SMILES string of the molecule is CC(C)CC(NC(=O)C(C)CCCN)C(=O)N(C)C. The highest BCUT2D eigenvalue weighted by molar-refractivity contribution is 5.88. The number of hydrogen-bond donors (Lipinski definition) is 2. The van der Waals surface area contributed by atoms with E-state index in [0.29, 0.717) is 18.9 Å². The molecule has 3 N–H and O–H groups in total. The minimum atomic E-state index is -0.428. The predicted molar refractivity (Wildman–Crippen MR) is 77.5 cm³/mol. The summed E-state index contributed by atoms with van der Waals surface area (Å²) in [6, 6.07) is -0.428. The summed E-state index contributed by atoms with van der Waals surface area (Å²) < 4.78 is 0. The standard InChI is InChI=1S/C14H29N3O2/c1-10(2)9-12(14(19)17(4)5)16-13(18)11(3)7-6-8-15/h10-12H,6-9,15H2,1-5H3,(H,16,18). The Morgan fingerprint density at radius 2 is 1.79 bits per heavy atom. The van der Waals surface area contributed by atoms with Crippen molar-refractivity contribution in [2.75, 3.05) is 20.6 Å². The van der Waals surface area contributed by atoms with E-state index in [4.69, 9.17) is 5.73 Å². The average molecular weight is 271 g/mol. The molecule has 0 heterocycles. The normalized spacial score (nSPS) is 14.1. The Morgan fingerprint density at radius 1 is 1.21 bits per heavy atom. The van der Waals surface area contributed by atoms with Crippen LogP contribution in [0.5, 0.6) is 0 Å². The van der Waals surface area contributed by atoms with Gasteiger partial charge >= 0.3 is 0 Å². The number of hydrogen-bond acceptors (Lipinski definition) is 3. The highest BCUT2D eigenvalue weighted by Gasteiger charge is 2.25. The Kier molecular flexibility index (Phi) is 8.39. The van der Waals surface area contributed by atoms with Gasteiger partial charge in [-0.15, -0.1) is 0 Å². The number of carbonyl (C=O) groups is 2. The van der Waals surface area contributed by atoms with E-state index in [1.807, 2.05) is 20.8 Å². The van der Waals surface area contributed by atoms with Crippen molar-refractivity contribution < 1.29 is 9.59 Å². The Bertz CT molecular complexity index is 290. The van der Waals surface area contributed by atoms with E-state index in [2.05, 4.69) is 5.32 Å². The Morgan fingerprint density at radius 3 is 2.21 bits per heavy atom. The molecule has 0 aromatic heterocycles. The van der Waals surface area contributed by atoms with E-state index in [-0.39, 0.29) is 17.7 Å². The molecule has 2 amide bonds. The molecule has 0 rings (SSSR count). The monoisotopic (exact) mass is 271 g/mol. The fourth-order valence-corrected chi connectivity index (χ4v) is 1.87. The summed E-state index contributed by atoms with van der Waals surface area (Å²) in [7, 11) is 3.42. The van der Waals surface area contributed by atoms with E-state index in [1.54, 1.807) is 14.1 Å². The minimum absolute atomic E-state index is 0.0481. The maximum Gasteiger partial charge on any atom is 0.244 e. The Balaban J connectivity index is 4.54. The van der Waals surface area contributed by atoms with Gasteiger partial charge in [-0.25, -0.2) is 0 Å². The zero-order valence-electron chi connectivity index (χ0n) is 12.9. The van der Waals surface area contributed by atoms with Crippen molar-refractivity contribution >= 4 is 11.8 Å². The molecule has 0 fully saturated rings. The molecule has 0 radical (unpaired) electrons. The predicted octanol–water partition coefficient (Wildman–Crippen LogP) is 0.981. The molecule has 0 saturated carbocycles. The topological polar surface area (TPSA) is 75.4 Å². The summed E-state index contributed by atoms with van der Waals surface area (Å²) in [5.41, 5.74) is 5.44. The summed E-state index contributed by atoms with van der Waals surface area (Å²) in [6.07, 6.45) is 2.24. The van der Waals surface area contributed by atoms with Gasteiger partial charge in [0.1, 0.15) is 6.04 Å². The summed E-state index contributed by atoms with van der Waals surface area (Å²) in [6.45, 7) is 6.54. The van der Waals surface area contributed by atoms with Crippen LogP contribution in [-0.4, -0.2) is 43.4 Å². The maximum atomic E-state index is 12.0. The third kappa shape index (κ3) is 7.15. The summed E-state index contributed by atoms with van der Waals surface area (Å²) in [4.78, 5) is 25.6. The van der Waals surface area contributed by atoms with Crippen LogP contribution in [0.1, 0.15) is 40.0 Å². The largest absolute Gasteiger partial charge is 0.347 e. The fourth-order valence-electron chi connectivity index (χ4n) is 1.87. The fraction of sp³-hybridized carbons (Fsp3) is 0.857. The van der Waals surface area contributed by atoms with E-state index >= 15 is 0 Å². The van der Waals surface area contributed by atoms with Crippen LogP contribution in [0, 0.1) is 11.8 Å². The third-order valence-electron chi connectivity index (χ3n) is 3.05. The first-order valence-electron chi connectivity index (χ1n) is 7.01. The van der Waals surface area contributed by atoms with Crippen molar-refractivity contribution in [2.45, 2.75) is 46.1 Å². The summed E-state index contributed by atoms with van der Waals surface area (Å²) >= 11 is 0. The highest BCUT2D eigenvalue weighted by atomic mass is 16.2. The van der Waals surface area contributed by atoms with Crippen molar-refractivity contribution in [3.8, 4) is 0 Å². The molecule has 0 aliphatic carbocycles. The summed E-state index contributed by atoms with van der Waals surface area (Å²) in [5, 5.41) is 2.87. The van der Waals surface area contributed by atoms with Gasteiger partial charge in [-0.1, -0.05) is 20.8 Å². The van der Waals surface area contributed by atoms with Crippen molar-refractivity contribution in [1.29, 1.82) is 0 Å². The second-order valence-corrected chi connectivity index (χ2v) is 5.76. The van der Waals surface area contributed by atoms with Crippen molar-refractivity contribution in [1.82, 2.24) is 10.2 Å². The molecule has 112 valence electrons. The van der Waals surface area contributed by atoms with Crippen LogP contribution < -0.4 is 11.1 Å². The van der Waals surface area contributed by atoms with Gasteiger partial charge in [0.05, 0.1) is 0 Å². The molecule has 0 aromatic carbocycles. The van der Waals surface area contributed by atoms with Gasteiger partial charge < -0.3 is 16.0 Å². The van der Waals surface area contributed by atoms with Crippen LogP contribution in [0.25, 0.3) is 0 Å². The van der Waals surface area contributed by atoms with Gasteiger partial charge in [0.25, 0.3) is 0 Å². The van der Waals surface area contributed by atoms with Gasteiger partial charge in [-0.2, -0.15) is 0 Å². The molecule has 0 aliphatic rings. The first-order valence-corrected chi connectivity index (χ1v) is 7.01. The molecule has 0 aliphatic heterocycles. The molecule has 0 bridgehead atoms. The molecule has 0 spiro atoms. The first-order chi connectivity index (χ1) is 8.79. The molecular weight excluding hydrogens is 242 g/mol. The van der Waals surface area contributed by atoms with E-state index in [0.717, 1.165) is 12.8 Å². The van der Waals surface area contributed by atoms with Gasteiger partial charge in [-0.05, 0) is 31.7 Å². The lowest BCUT2D eigenvalue weighted by molar-refractivity contribution is -0.136. The molecule has 19 heavy (non-hydrogen) atoms. The molecule has 2 unspecified atom stereocenters. The van der Waals surface area contributed by atoms with Crippen LogP contribution in [0.2, 0.25) is 0 Å². The van der Waals surface area contributed by atoms with Crippen LogP contribution in [0.4, 0.5) is 0 Å². The lowest BCUT2D eigenvalue weighted by Crippen LogP contribution is -2.48. The maximum absolute atomic E-state index is 12.0. The first kappa shape index (κ1) is 17.9. The number of nitrogens with zero attached hydrogens (tertiary/aromatic N) is 1. The second-order valence-electron chi connectivity index (χ2n) is 5.76. The van der Waals surface area contributed by atoms with E-state index in [9.17, 15) is 9.59 Å². The smallest absolute Gasteiger partial charge is 0.244 e. The number of carbonyl (C=O) groups excluding carboxylic acids is 2.